The molecule has 27 heavy (non-hydrogen) atoms. The van der Waals surface area contributed by atoms with Gasteiger partial charge >= 0.3 is 0 Å². The molecule has 0 saturated heterocycles. The average Bonchev–Trinajstić information content (AvgIpc) is 3.29. The molecule has 0 spiro atoms. The van der Waals surface area contributed by atoms with Crippen LogP contribution in [0.5, 0.6) is 0 Å². The summed E-state index contributed by atoms with van der Waals surface area (Å²) in [6.45, 7) is -0.106. The molecule has 0 radical (unpaired) electrons. The van der Waals surface area contributed by atoms with E-state index in [4.69, 9.17) is 9.10 Å². The molecular formula is C24H22N3+. The van der Waals surface area contributed by atoms with Crippen LogP contribution >= 0.6 is 0 Å². The zero-order valence-corrected chi connectivity index (χ0v) is 15.4. The van der Waals surface area contributed by atoms with Gasteiger partial charge in [0.15, 0.2) is 6.20 Å². The Balaban J connectivity index is 1.75. The quantitative estimate of drug-likeness (QED) is 0.472. The van der Waals surface area contributed by atoms with Gasteiger partial charge in [0.25, 0.3) is 0 Å². The van der Waals surface area contributed by atoms with Crippen LogP contribution in [0.3, 0.4) is 0 Å². The van der Waals surface area contributed by atoms with Crippen LogP contribution in [-0.2, 0) is 13.5 Å². The molecule has 0 aliphatic carbocycles. The molecule has 4 aromatic rings. The van der Waals surface area contributed by atoms with Crippen LogP contribution in [0.4, 0.5) is 0 Å². The van der Waals surface area contributed by atoms with E-state index in [2.05, 4.69) is 35.9 Å². The summed E-state index contributed by atoms with van der Waals surface area (Å²) in [6, 6.07) is 16.0. The Morgan fingerprint density at radius 1 is 1.07 bits per heavy atom. The SMILES string of the molecule is [2H]C([2H])([2H])c1c[n+](C)c(-c2cc3nc4n(c3cc2C)C=CC4)cc1-c1ccccc1. The lowest BCUT2D eigenvalue weighted by Crippen LogP contribution is -2.31. The number of fused-ring (bicyclic) bond motifs is 3. The van der Waals surface area contributed by atoms with E-state index < -0.39 is 6.85 Å². The van der Waals surface area contributed by atoms with Crippen LogP contribution in [0.1, 0.15) is 21.1 Å². The lowest BCUT2D eigenvalue weighted by Gasteiger charge is -2.10. The van der Waals surface area contributed by atoms with Crippen molar-refractivity contribution in [2.24, 2.45) is 7.05 Å². The monoisotopic (exact) mass is 355 g/mol. The summed E-state index contributed by atoms with van der Waals surface area (Å²) < 4.78 is 28.2. The topological polar surface area (TPSA) is 21.7 Å². The van der Waals surface area contributed by atoms with Crippen LogP contribution < -0.4 is 4.57 Å². The number of aryl methyl sites for hydroxylation is 3. The minimum absolute atomic E-state index is 0.352. The molecule has 5 rings (SSSR count). The maximum absolute atomic E-state index is 8.04. The highest BCUT2D eigenvalue weighted by Gasteiger charge is 2.20. The second kappa shape index (κ2) is 5.92. The van der Waals surface area contributed by atoms with Gasteiger partial charge in [0.2, 0.25) is 5.69 Å². The molecule has 3 heteroatoms. The smallest absolute Gasteiger partial charge is 0.213 e. The molecule has 0 N–H and O–H groups in total. The Kier molecular flexibility index (Phi) is 2.86. The van der Waals surface area contributed by atoms with Crippen molar-refractivity contribution >= 4 is 17.2 Å². The van der Waals surface area contributed by atoms with Crippen LogP contribution in [0, 0.1) is 13.8 Å². The predicted molar refractivity (Wildman–Crippen MR) is 110 cm³/mol. The van der Waals surface area contributed by atoms with Crippen LogP contribution in [0.15, 0.2) is 60.8 Å². The highest BCUT2D eigenvalue weighted by molar-refractivity contribution is 5.86. The van der Waals surface area contributed by atoms with E-state index in [0.29, 0.717) is 5.56 Å². The number of aromatic nitrogens is 3. The number of hydrogen-bond donors (Lipinski definition) is 0. The highest BCUT2D eigenvalue weighted by atomic mass is 15.1. The Morgan fingerprint density at radius 2 is 1.93 bits per heavy atom. The third-order valence-electron chi connectivity index (χ3n) is 5.30. The van der Waals surface area contributed by atoms with Crippen molar-refractivity contribution in [1.82, 2.24) is 9.55 Å². The molecule has 0 fully saturated rings. The molecule has 1 aliphatic heterocycles. The molecule has 1 aliphatic rings. The Labute approximate surface area is 163 Å². The fourth-order valence-corrected chi connectivity index (χ4v) is 3.92. The molecule has 3 nitrogen and oxygen atoms in total. The van der Waals surface area contributed by atoms with Crippen LogP contribution in [-0.4, -0.2) is 9.55 Å². The van der Waals surface area contributed by atoms with E-state index in [0.717, 1.165) is 51.2 Å². The minimum Gasteiger partial charge on any atom is -0.303 e. The first kappa shape index (κ1) is 13.0. The first-order valence-electron chi connectivity index (χ1n) is 10.6. The van der Waals surface area contributed by atoms with E-state index in [1.165, 1.54) is 0 Å². The molecule has 0 bridgehead atoms. The summed E-state index contributed by atoms with van der Waals surface area (Å²) in [5, 5.41) is 0. The third-order valence-corrected chi connectivity index (χ3v) is 5.30. The molecule has 2 aromatic heterocycles. The van der Waals surface area contributed by atoms with E-state index in [9.17, 15) is 0 Å². The molecule has 3 heterocycles. The number of pyridine rings is 1. The van der Waals surface area contributed by atoms with Gasteiger partial charge in [-0.15, -0.1) is 0 Å². The molecule has 0 atom stereocenters. The molecule has 2 aromatic carbocycles. The standard InChI is InChI=1S/C24H22N3/c1-16-12-23-21(25-24-10-7-11-27(23)24)13-20(16)22-14-19(17(2)15-26(22)3)18-8-5-4-6-9-18/h4-9,11-15H,10H2,1-3H3/q+1/i2D3. The summed E-state index contributed by atoms with van der Waals surface area (Å²) in [4.78, 5) is 4.79. The number of benzene rings is 2. The van der Waals surface area contributed by atoms with Crippen molar-refractivity contribution in [3.63, 3.8) is 0 Å². The van der Waals surface area contributed by atoms with Gasteiger partial charge in [-0.05, 0) is 42.6 Å². The van der Waals surface area contributed by atoms with Crippen molar-refractivity contribution in [1.29, 1.82) is 0 Å². The largest absolute Gasteiger partial charge is 0.303 e. The Morgan fingerprint density at radius 3 is 2.74 bits per heavy atom. The Hall–Kier alpha value is -3.20. The number of imidazole rings is 1. The summed E-state index contributed by atoms with van der Waals surface area (Å²) in [7, 11) is 1.90. The van der Waals surface area contributed by atoms with Crippen LogP contribution in [0.2, 0.25) is 0 Å². The fourth-order valence-electron chi connectivity index (χ4n) is 3.92. The summed E-state index contributed by atoms with van der Waals surface area (Å²) in [6.07, 6.45) is 6.78. The molecule has 132 valence electrons. The second-order valence-corrected chi connectivity index (χ2v) is 7.11. The van der Waals surface area contributed by atoms with Crippen molar-refractivity contribution in [2.45, 2.75) is 20.2 Å². The average molecular weight is 355 g/mol. The minimum atomic E-state index is -2.20. The molecule has 0 saturated carbocycles. The van der Waals surface area contributed by atoms with Crippen LogP contribution in [0.25, 0.3) is 39.6 Å². The number of hydrogen-bond acceptors (Lipinski definition) is 1. The van der Waals surface area contributed by atoms with Gasteiger partial charge in [-0.1, -0.05) is 36.4 Å². The maximum Gasteiger partial charge on any atom is 0.213 e. The maximum atomic E-state index is 8.04. The van der Waals surface area contributed by atoms with Gasteiger partial charge in [-0.2, -0.15) is 0 Å². The number of rotatable bonds is 2. The second-order valence-electron chi connectivity index (χ2n) is 7.11. The zero-order valence-electron chi connectivity index (χ0n) is 18.4. The van der Waals surface area contributed by atoms with Gasteiger partial charge < -0.3 is 4.57 Å². The van der Waals surface area contributed by atoms with Gasteiger partial charge in [0.1, 0.15) is 12.9 Å². The van der Waals surface area contributed by atoms with Crippen molar-refractivity contribution in [3.05, 3.63) is 77.8 Å². The van der Waals surface area contributed by atoms with Crippen molar-refractivity contribution < 1.29 is 8.68 Å². The van der Waals surface area contributed by atoms with E-state index in [1.807, 2.05) is 48.0 Å². The van der Waals surface area contributed by atoms with E-state index >= 15 is 0 Å². The molecule has 0 amide bonds. The van der Waals surface area contributed by atoms with Crippen molar-refractivity contribution in [2.75, 3.05) is 0 Å². The first-order chi connectivity index (χ1) is 14.3. The van der Waals surface area contributed by atoms with Gasteiger partial charge in [-0.25, -0.2) is 9.55 Å². The first-order valence-corrected chi connectivity index (χ1v) is 9.11. The van der Waals surface area contributed by atoms with Gasteiger partial charge in [0.05, 0.1) is 16.6 Å². The lowest BCUT2D eigenvalue weighted by molar-refractivity contribution is -0.660. The lowest BCUT2D eigenvalue weighted by atomic mass is 9.97. The number of allylic oxidation sites excluding steroid dienone is 1. The number of nitrogens with zero attached hydrogens (tertiary/aromatic N) is 3. The fraction of sp³-hybridized carbons (Fsp3) is 0.167. The third kappa shape index (κ3) is 2.50. The summed E-state index contributed by atoms with van der Waals surface area (Å²) in [5.74, 6) is 1.05. The highest BCUT2D eigenvalue weighted by Crippen LogP contribution is 2.31. The molecule has 0 unspecified atom stereocenters. The summed E-state index contributed by atoms with van der Waals surface area (Å²) in [5.41, 5.74) is 7.19. The van der Waals surface area contributed by atoms with Gasteiger partial charge in [-0.3, -0.25) is 0 Å². The summed E-state index contributed by atoms with van der Waals surface area (Å²) >= 11 is 0. The van der Waals surface area contributed by atoms with Crippen molar-refractivity contribution in [3.8, 4) is 22.4 Å². The van der Waals surface area contributed by atoms with E-state index in [-0.39, 0.29) is 0 Å². The predicted octanol–water partition coefficient (Wildman–Crippen LogP) is 4.84. The van der Waals surface area contributed by atoms with Gasteiger partial charge in [0, 0.05) is 28.4 Å². The normalized spacial score (nSPS) is 14.8. The zero-order chi connectivity index (χ0) is 21.0. The Bertz CT molecular complexity index is 1320. The molecular weight excluding hydrogens is 330 g/mol. The van der Waals surface area contributed by atoms with E-state index in [1.54, 1.807) is 6.20 Å².